The number of carbonyl (C=O) groups is 1. The third kappa shape index (κ3) is 4.03. The predicted molar refractivity (Wildman–Crippen MR) is 102 cm³/mol. The van der Waals surface area contributed by atoms with Crippen LogP contribution in [-0.4, -0.2) is 25.4 Å². The molecule has 0 aliphatic rings. The van der Waals surface area contributed by atoms with Crippen LogP contribution in [0.3, 0.4) is 0 Å². The number of carbonyl (C=O) groups excluding carboxylic acids is 1. The highest BCUT2D eigenvalue weighted by molar-refractivity contribution is 7.91. The van der Waals surface area contributed by atoms with Gasteiger partial charge in [-0.2, -0.15) is 0 Å². The van der Waals surface area contributed by atoms with Gasteiger partial charge in [0.2, 0.25) is 15.7 Å². The second-order valence-electron chi connectivity index (χ2n) is 6.79. The van der Waals surface area contributed by atoms with Crippen molar-refractivity contribution in [3.8, 4) is 0 Å². The number of hydrogen-bond donors (Lipinski definition) is 1. The summed E-state index contributed by atoms with van der Waals surface area (Å²) in [6.07, 6.45) is 1.47. The van der Waals surface area contributed by atoms with Crippen LogP contribution in [0.4, 0.5) is 4.39 Å². The van der Waals surface area contributed by atoms with Gasteiger partial charge in [-0.1, -0.05) is 32.0 Å². The van der Waals surface area contributed by atoms with E-state index < -0.39 is 15.7 Å². The van der Waals surface area contributed by atoms with Gasteiger partial charge in [0.15, 0.2) is 0 Å². The minimum atomic E-state index is -3.84. The van der Waals surface area contributed by atoms with Crippen molar-refractivity contribution in [2.24, 2.45) is 5.92 Å². The number of halogens is 1. The van der Waals surface area contributed by atoms with Gasteiger partial charge in [-0.3, -0.25) is 4.79 Å². The van der Waals surface area contributed by atoms with E-state index in [-0.39, 0.29) is 22.2 Å². The first-order chi connectivity index (χ1) is 12.8. The molecule has 7 heteroatoms. The molecule has 5 nitrogen and oxygen atoms in total. The van der Waals surface area contributed by atoms with Crippen LogP contribution in [-0.2, 0) is 21.2 Å². The van der Waals surface area contributed by atoms with Crippen molar-refractivity contribution in [2.45, 2.75) is 30.2 Å². The fourth-order valence-electron chi connectivity index (χ4n) is 2.83. The molecule has 1 heterocycles. The first kappa shape index (κ1) is 19.1. The largest absolute Gasteiger partial charge is 0.354 e. The summed E-state index contributed by atoms with van der Waals surface area (Å²) in [5, 5.41) is 3.36. The van der Waals surface area contributed by atoms with Gasteiger partial charge in [-0.25, -0.2) is 12.8 Å². The van der Waals surface area contributed by atoms with Crippen molar-refractivity contribution >= 4 is 26.6 Å². The van der Waals surface area contributed by atoms with Crippen LogP contribution in [0.2, 0.25) is 0 Å². The van der Waals surface area contributed by atoms with E-state index in [0.717, 1.165) is 12.1 Å². The lowest BCUT2D eigenvalue weighted by Gasteiger charge is -2.09. The number of nitrogens with one attached hydrogen (secondary N) is 1. The molecule has 0 unspecified atom stereocenters. The molecular formula is C20H21FN2O3S. The topological polar surface area (TPSA) is 68.2 Å². The first-order valence-corrected chi connectivity index (χ1v) is 10.1. The number of sulfone groups is 1. The van der Waals surface area contributed by atoms with Crippen molar-refractivity contribution in [3.05, 3.63) is 60.5 Å². The Hall–Kier alpha value is -2.67. The fourth-order valence-corrected chi connectivity index (χ4v) is 4.30. The summed E-state index contributed by atoms with van der Waals surface area (Å²) >= 11 is 0. The van der Waals surface area contributed by atoms with E-state index in [1.54, 1.807) is 28.8 Å². The first-order valence-electron chi connectivity index (χ1n) is 8.64. The van der Waals surface area contributed by atoms with Crippen LogP contribution in [0.25, 0.3) is 10.9 Å². The Bertz CT molecular complexity index is 1070. The van der Waals surface area contributed by atoms with Gasteiger partial charge >= 0.3 is 0 Å². The Balaban J connectivity index is 2.02. The number of rotatable bonds is 6. The van der Waals surface area contributed by atoms with Crippen molar-refractivity contribution in [1.29, 1.82) is 0 Å². The third-order valence-corrected chi connectivity index (χ3v) is 5.98. The summed E-state index contributed by atoms with van der Waals surface area (Å²) in [7, 11) is -3.84. The lowest BCUT2D eigenvalue weighted by atomic mass is 10.2. The van der Waals surface area contributed by atoms with E-state index in [4.69, 9.17) is 0 Å². The van der Waals surface area contributed by atoms with E-state index in [2.05, 4.69) is 5.32 Å². The minimum Gasteiger partial charge on any atom is -0.354 e. The van der Waals surface area contributed by atoms with Crippen LogP contribution in [0.1, 0.15) is 13.8 Å². The molecule has 0 spiro atoms. The number of nitrogens with zero attached hydrogens (tertiary/aromatic N) is 1. The van der Waals surface area contributed by atoms with E-state index >= 15 is 0 Å². The minimum absolute atomic E-state index is 0.0102. The highest BCUT2D eigenvalue weighted by Crippen LogP contribution is 2.30. The molecule has 3 aromatic rings. The average molecular weight is 388 g/mol. The molecule has 1 N–H and O–H groups in total. The monoisotopic (exact) mass is 388 g/mol. The Morgan fingerprint density at radius 2 is 1.78 bits per heavy atom. The Kier molecular flexibility index (Phi) is 5.32. The Morgan fingerprint density at radius 1 is 1.11 bits per heavy atom. The number of aromatic nitrogens is 1. The van der Waals surface area contributed by atoms with Gasteiger partial charge in [0.25, 0.3) is 0 Å². The summed E-state index contributed by atoms with van der Waals surface area (Å²) in [6.45, 7) is 4.57. The molecule has 1 aromatic heterocycles. The van der Waals surface area contributed by atoms with Gasteiger partial charge in [-0.15, -0.1) is 0 Å². The van der Waals surface area contributed by atoms with Gasteiger partial charge < -0.3 is 9.88 Å². The number of benzene rings is 2. The smallest absolute Gasteiger partial charge is 0.239 e. The van der Waals surface area contributed by atoms with Crippen molar-refractivity contribution in [3.63, 3.8) is 0 Å². The van der Waals surface area contributed by atoms with Crippen LogP contribution >= 0.6 is 0 Å². The van der Waals surface area contributed by atoms with Crippen molar-refractivity contribution < 1.29 is 17.6 Å². The van der Waals surface area contributed by atoms with Crippen molar-refractivity contribution in [1.82, 2.24) is 9.88 Å². The molecule has 0 aliphatic heterocycles. The van der Waals surface area contributed by atoms with Crippen LogP contribution < -0.4 is 5.32 Å². The van der Waals surface area contributed by atoms with Crippen molar-refractivity contribution in [2.75, 3.05) is 6.54 Å². The Labute approximate surface area is 157 Å². The lowest BCUT2D eigenvalue weighted by molar-refractivity contribution is -0.121. The molecular weight excluding hydrogens is 367 g/mol. The maximum Gasteiger partial charge on any atom is 0.239 e. The normalized spacial score (nSPS) is 11.9. The predicted octanol–water partition coefficient (Wildman–Crippen LogP) is 3.39. The molecule has 0 radical (unpaired) electrons. The zero-order valence-corrected chi connectivity index (χ0v) is 16.0. The summed E-state index contributed by atoms with van der Waals surface area (Å²) in [5.74, 6) is -0.363. The molecule has 2 aromatic carbocycles. The molecule has 0 atom stereocenters. The molecule has 27 heavy (non-hydrogen) atoms. The van der Waals surface area contributed by atoms with E-state index in [1.165, 1.54) is 18.3 Å². The highest BCUT2D eigenvalue weighted by Gasteiger charge is 2.23. The number of amides is 1. The van der Waals surface area contributed by atoms with Gasteiger partial charge in [-0.05, 0) is 36.2 Å². The van der Waals surface area contributed by atoms with Gasteiger partial charge in [0.05, 0.1) is 9.79 Å². The molecule has 0 aliphatic carbocycles. The SMILES string of the molecule is CC(C)CNC(=O)Cn1cc(S(=O)(=O)c2ccc(F)cc2)c2ccccc21. The lowest BCUT2D eigenvalue weighted by Crippen LogP contribution is -2.30. The number of fused-ring (bicyclic) bond motifs is 1. The maximum absolute atomic E-state index is 13.2. The quantitative estimate of drug-likeness (QED) is 0.658. The zero-order valence-electron chi connectivity index (χ0n) is 15.1. The summed E-state index contributed by atoms with van der Waals surface area (Å²) in [6, 6.07) is 11.7. The van der Waals surface area contributed by atoms with Crippen LogP contribution in [0, 0.1) is 11.7 Å². The molecule has 0 saturated heterocycles. The van der Waals surface area contributed by atoms with E-state index in [0.29, 0.717) is 23.4 Å². The van der Waals surface area contributed by atoms with E-state index in [1.807, 2.05) is 13.8 Å². The van der Waals surface area contributed by atoms with Gasteiger partial charge in [0.1, 0.15) is 12.4 Å². The highest BCUT2D eigenvalue weighted by atomic mass is 32.2. The molecule has 1 amide bonds. The number of para-hydroxylation sites is 1. The Morgan fingerprint density at radius 3 is 2.44 bits per heavy atom. The zero-order chi connectivity index (χ0) is 19.6. The molecule has 0 saturated carbocycles. The second-order valence-corrected chi connectivity index (χ2v) is 8.71. The van der Waals surface area contributed by atoms with Crippen LogP contribution in [0.5, 0.6) is 0 Å². The molecule has 0 bridgehead atoms. The summed E-state index contributed by atoms with van der Waals surface area (Å²) < 4.78 is 40.9. The van der Waals surface area contributed by atoms with Gasteiger partial charge in [0, 0.05) is 23.6 Å². The summed E-state index contributed by atoms with van der Waals surface area (Å²) in [5.41, 5.74) is 0.651. The summed E-state index contributed by atoms with van der Waals surface area (Å²) in [4.78, 5) is 12.3. The third-order valence-electron chi connectivity index (χ3n) is 4.19. The molecule has 3 rings (SSSR count). The molecule has 142 valence electrons. The standard InChI is InChI=1S/C20H21FN2O3S/c1-14(2)11-22-20(24)13-23-12-19(17-5-3-4-6-18(17)23)27(25,26)16-9-7-15(21)8-10-16/h3-10,12,14H,11,13H2,1-2H3,(H,22,24). The second kappa shape index (κ2) is 7.52. The maximum atomic E-state index is 13.2. The fraction of sp³-hybridized carbons (Fsp3) is 0.250. The van der Waals surface area contributed by atoms with Crippen LogP contribution in [0.15, 0.2) is 64.5 Å². The average Bonchev–Trinajstić information content (AvgIpc) is 3.00. The van der Waals surface area contributed by atoms with E-state index in [9.17, 15) is 17.6 Å². The molecule has 0 fully saturated rings. The number of hydrogen-bond acceptors (Lipinski definition) is 3.